The molecule has 21 heavy (non-hydrogen) atoms. The molecule has 2 aromatic rings. The Hall–Kier alpha value is -2.90. The second-order valence-corrected chi connectivity index (χ2v) is 4.39. The van der Waals surface area contributed by atoms with Gasteiger partial charge in [0.1, 0.15) is 19.2 Å². The predicted molar refractivity (Wildman–Crippen MR) is 72.9 cm³/mol. The monoisotopic (exact) mass is 287 g/mol. The highest BCUT2D eigenvalue weighted by molar-refractivity contribution is 5.99. The molecule has 0 atom stereocenters. The summed E-state index contributed by atoms with van der Waals surface area (Å²) < 4.78 is 12.0. The molecule has 8 nitrogen and oxygen atoms in total. The Balaban J connectivity index is 1.64. The van der Waals surface area contributed by atoms with Crippen LogP contribution in [0.3, 0.4) is 0 Å². The van der Waals surface area contributed by atoms with Crippen LogP contribution in [-0.2, 0) is 11.3 Å². The number of rotatable bonds is 4. The first-order chi connectivity index (χ1) is 10.2. The maximum atomic E-state index is 11.7. The van der Waals surface area contributed by atoms with Gasteiger partial charge >= 0.3 is 0 Å². The molecule has 0 bridgehead atoms. The maximum Gasteiger partial charge on any atom is 0.261 e. The van der Waals surface area contributed by atoms with Crippen LogP contribution in [0.1, 0.15) is 12.5 Å². The van der Waals surface area contributed by atoms with Crippen LogP contribution in [0.4, 0.5) is 0 Å². The highest BCUT2D eigenvalue weighted by Gasteiger charge is 2.14. The second-order valence-electron chi connectivity index (χ2n) is 4.39. The fourth-order valence-corrected chi connectivity index (χ4v) is 1.83. The molecule has 1 aliphatic rings. The maximum absolute atomic E-state index is 11.7. The van der Waals surface area contributed by atoms with Gasteiger partial charge in [-0.25, -0.2) is 15.1 Å². The Morgan fingerprint density at radius 2 is 2.29 bits per heavy atom. The summed E-state index contributed by atoms with van der Waals surface area (Å²) in [5.74, 6) is 1.11. The molecule has 0 radical (unpaired) electrons. The van der Waals surface area contributed by atoms with E-state index in [1.54, 1.807) is 6.92 Å². The largest absolute Gasteiger partial charge is 0.454 e. The number of ether oxygens (including phenoxy) is 2. The zero-order valence-electron chi connectivity index (χ0n) is 11.3. The number of hydrogen-bond acceptors (Lipinski definition) is 6. The van der Waals surface area contributed by atoms with Gasteiger partial charge in [-0.15, -0.1) is 0 Å². The molecule has 1 N–H and O–H groups in total. The molecule has 0 unspecified atom stereocenters. The van der Waals surface area contributed by atoms with Crippen molar-refractivity contribution in [1.29, 1.82) is 0 Å². The number of nitrogens with one attached hydrogen (secondary N) is 1. The third kappa shape index (κ3) is 2.99. The zero-order valence-corrected chi connectivity index (χ0v) is 11.3. The Labute approximate surface area is 120 Å². The molecule has 0 aliphatic carbocycles. The third-order valence-electron chi connectivity index (χ3n) is 2.91. The number of hydrogen-bond donors (Lipinski definition) is 1. The number of carbonyl (C=O) groups excluding carboxylic acids is 1. The van der Waals surface area contributed by atoms with E-state index < -0.39 is 0 Å². The van der Waals surface area contributed by atoms with E-state index in [9.17, 15) is 4.79 Å². The van der Waals surface area contributed by atoms with Crippen molar-refractivity contribution in [2.75, 3.05) is 6.79 Å². The molecule has 3 rings (SSSR count). The fraction of sp³-hybridized carbons (Fsp3) is 0.231. The lowest BCUT2D eigenvalue weighted by atomic mass is 10.1. The fourth-order valence-electron chi connectivity index (χ4n) is 1.83. The lowest BCUT2D eigenvalue weighted by molar-refractivity contribution is -0.121. The lowest BCUT2D eigenvalue weighted by Gasteiger charge is -2.04. The first-order valence-electron chi connectivity index (χ1n) is 6.28. The van der Waals surface area contributed by atoms with Gasteiger partial charge < -0.3 is 9.47 Å². The number of fused-ring (bicyclic) bond motifs is 1. The van der Waals surface area contributed by atoms with Crippen molar-refractivity contribution < 1.29 is 14.3 Å². The van der Waals surface area contributed by atoms with Crippen molar-refractivity contribution in [3.63, 3.8) is 0 Å². The van der Waals surface area contributed by atoms with E-state index in [1.807, 2.05) is 18.2 Å². The molecule has 1 aromatic carbocycles. The molecule has 0 fully saturated rings. The number of carbonyl (C=O) groups is 1. The van der Waals surface area contributed by atoms with Crippen molar-refractivity contribution in [3.8, 4) is 11.5 Å². The van der Waals surface area contributed by atoms with Crippen LogP contribution < -0.4 is 14.9 Å². The van der Waals surface area contributed by atoms with Crippen molar-refractivity contribution in [2.45, 2.75) is 13.5 Å². The summed E-state index contributed by atoms with van der Waals surface area (Å²) in [4.78, 5) is 15.4. The van der Waals surface area contributed by atoms with Crippen LogP contribution in [0.5, 0.6) is 11.5 Å². The highest BCUT2D eigenvalue weighted by Crippen LogP contribution is 2.32. The average Bonchev–Trinajstić information content (AvgIpc) is 3.14. The van der Waals surface area contributed by atoms with E-state index in [-0.39, 0.29) is 19.2 Å². The predicted octanol–water partition coefficient (Wildman–Crippen LogP) is 0.547. The third-order valence-corrected chi connectivity index (χ3v) is 2.91. The van der Waals surface area contributed by atoms with Gasteiger partial charge in [0.15, 0.2) is 11.5 Å². The van der Waals surface area contributed by atoms with Gasteiger partial charge in [-0.2, -0.15) is 10.2 Å². The summed E-state index contributed by atoms with van der Waals surface area (Å²) in [6.45, 7) is 2.09. The topological polar surface area (TPSA) is 90.6 Å². The van der Waals surface area contributed by atoms with Gasteiger partial charge in [0, 0.05) is 5.56 Å². The number of aromatic nitrogens is 3. The second kappa shape index (κ2) is 5.61. The van der Waals surface area contributed by atoms with E-state index in [4.69, 9.17) is 9.47 Å². The molecule has 2 heterocycles. The number of benzene rings is 1. The van der Waals surface area contributed by atoms with E-state index >= 15 is 0 Å². The number of hydrazone groups is 1. The van der Waals surface area contributed by atoms with E-state index in [0.717, 1.165) is 5.56 Å². The SMILES string of the molecule is C/C(=N/NC(=O)Cn1cncn1)c1ccc2c(c1)OCO2. The molecular formula is C13H13N5O3. The first kappa shape index (κ1) is 13.1. The summed E-state index contributed by atoms with van der Waals surface area (Å²) in [6, 6.07) is 5.49. The van der Waals surface area contributed by atoms with E-state index in [2.05, 4.69) is 20.6 Å². The van der Waals surface area contributed by atoms with Crippen LogP contribution in [0.15, 0.2) is 36.0 Å². The summed E-state index contributed by atoms with van der Waals surface area (Å²) in [7, 11) is 0. The molecule has 1 amide bonds. The van der Waals surface area contributed by atoms with Crippen LogP contribution in [0.2, 0.25) is 0 Å². The van der Waals surface area contributed by atoms with Gasteiger partial charge in [-0.05, 0) is 25.1 Å². The number of nitrogens with zero attached hydrogens (tertiary/aromatic N) is 4. The minimum atomic E-state index is -0.277. The molecule has 108 valence electrons. The van der Waals surface area contributed by atoms with Gasteiger partial charge in [0.05, 0.1) is 5.71 Å². The molecule has 0 spiro atoms. The smallest absolute Gasteiger partial charge is 0.261 e. The van der Waals surface area contributed by atoms with Crippen molar-refractivity contribution in [2.24, 2.45) is 5.10 Å². The van der Waals surface area contributed by atoms with Crippen molar-refractivity contribution in [1.82, 2.24) is 20.2 Å². The van der Waals surface area contributed by atoms with E-state index in [0.29, 0.717) is 17.2 Å². The minimum absolute atomic E-state index is 0.0674. The lowest BCUT2D eigenvalue weighted by Crippen LogP contribution is -2.24. The normalized spacial score (nSPS) is 13.3. The Bertz CT molecular complexity index is 681. The summed E-state index contributed by atoms with van der Waals surface area (Å²) in [6.07, 6.45) is 2.84. The molecule has 0 saturated heterocycles. The first-order valence-corrected chi connectivity index (χ1v) is 6.28. The average molecular weight is 287 g/mol. The molecule has 1 aromatic heterocycles. The zero-order chi connectivity index (χ0) is 14.7. The van der Waals surface area contributed by atoms with Crippen LogP contribution >= 0.6 is 0 Å². The summed E-state index contributed by atoms with van der Waals surface area (Å²) >= 11 is 0. The quantitative estimate of drug-likeness (QED) is 0.655. The molecule has 1 aliphatic heterocycles. The van der Waals surface area contributed by atoms with Crippen LogP contribution in [0.25, 0.3) is 0 Å². The molecular weight excluding hydrogens is 274 g/mol. The van der Waals surface area contributed by atoms with Crippen LogP contribution in [0, 0.1) is 0 Å². The van der Waals surface area contributed by atoms with Crippen molar-refractivity contribution >= 4 is 11.6 Å². The molecule has 0 saturated carbocycles. The summed E-state index contributed by atoms with van der Waals surface area (Å²) in [5, 5.41) is 7.91. The highest BCUT2D eigenvalue weighted by atomic mass is 16.7. The van der Waals surface area contributed by atoms with E-state index in [1.165, 1.54) is 17.3 Å². The summed E-state index contributed by atoms with van der Waals surface area (Å²) in [5.41, 5.74) is 3.99. The van der Waals surface area contributed by atoms with Gasteiger partial charge in [0.25, 0.3) is 5.91 Å². The standard InChI is InChI=1S/C13H13N5O3/c1-9(10-2-3-11-12(4-10)21-8-20-11)16-17-13(19)5-18-7-14-6-15-18/h2-4,6-7H,5,8H2,1H3,(H,17,19)/b16-9-. The Morgan fingerprint density at radius 3 is 3.10 bits per heavy atom. The van der Waals surface area contributed by atoms with Gasteiger partial charge in [-0.3, -0.25) is 4.79 Å². The van der Waals surface area contributed by atoms with Crippen LogP contribution in [-0.4, -0.2) is 33.2 Å². The molecule has 8 heteroatoms. The Morgan fingerprint density at radius 1 is 1.43 bits per heavy atom. The number of amides is 1. The Kier molecular flexibility index (Phi) is 3.50. The minimum Gasteiger partial charge on any atom is -0.454 e. The van der Waals surface area contributed by atoms with Gasteiger partial charge in [-0.1, -0.05) is 0 Å². The van der Waals surface area contributed by atoms with Crippen molar-refractivity contribution in [3.05, 3.63) is 36.4 Å². The van der Waals surface area contributed by atoms with Gasteiger partial charge in [0.2, 0.25) is 6.79 Å².